The summed E-state index contributed by atoms with van der Waals surface area (Å²) < 4.78 is 55.5. The maximum atomic E-state index is 8.75. The second-order valence-corrected chi connectivity index (χ2v) is 18.4. The Kier molecular flexibility index (Phi) is 9.26. The number of imidazole rings is 1. The van der Waals surface area contributed by atoms with Crippen LogP contribution in [0.4, 0.5) is 0 Å². The van der Waals surface area contributed by atoms with Gasteiger partial charge in [0.25, 0.3) is 6.33 Å². The van der Waals surface area contributed by atoms with Crippen molar-refractivity contribution in [2.75, 3.05) is 0 Å². The molecule has 70 heavy (non-hydrogen) atoms. The van der Waals surface area contributed by atoms with Crippen LogP contribution in [0.3, 0.4) is 0 Å². The average molecular weight is 1090 g/mol. The third kappa shape index (κ3) is 7.20. The molecule has 0 aliphatic carbocycles. The molecule has 13 rings (SSSR count). The quantitative estimate of drug-likeness (QED) is 0.123. The second kappa shape index (κ2) is 17.1. The van der Waals surface area contributed by atoms with Gasteiger partial charge in [0.15, 0.2) is 0 Å². The smallest absolute Gasteiger partial charge is 0.268 e. The fraction of sp³-hybridized carbons (Fsp3) is 0.0625. The number of ether oxygens (including phenoxy) is 1. The Balaban J connectivity index is 0.00000569. The molecule has 12 aromatic rings. The zero-order valence-electron chi connectivity index (χ0n) is 43.3. The number of aromatic nitrogens is 4. The molecule has 4 heterocycles. The van der Waals surface area contributed by atoms with Crippen LogP contribution in [0.15, 0.2) is 212 Å². The van der Waals surface area contributed by atoms with Gasteiger partial charge in [-0.25, -0.2) is 4.98 Å². The number of fused-ring (bicyclic) bond motifs is 10. The van der Waals surface area contributed by atoms with Crippen molar-refractivity contribution in [3.05, 3.63) is 236 Å². The molecule has 0 amide bonds. The van der Waals surface area contributed by atoms with Gasteiger partial charge in [0.1, 0.15) is 5.82 Å². The first-order valence-electron chi connectivity index (χ1n) is 25.5. The molecule has 6 heteroatoms. The van der Waals surface area contributed by atoms with Crippen LogP contribution in [0, 0.1) is 18.5 Å². The summed E-state index contributed by atoms with van der Waals surface area (Å²) in [5.41, 5.74) is 15.8. The summed E-state index contributed by atoms with van der Waals surface area (Å²) in [5, 5.41) is 1.62. The van der Waals surface area contributed by atoms with Crippen molar-refractivity contribution in [1.29, 1.82) is 0 Å². The van der Waals surface area contributed by atoms with Crippen molar-refractivity contribution in [2.45, 2.75) is 26.2 Å². The van der Waals surface area contributed by atoms with Crippen molar-refractivity contribution in [3.63, 3.8) is 0 Å². The molecule has 0 radical (unpaired) electrons. The molecule has 9 aromatic carbocycles. The molecule has 5 nitrogen and oxygen atoms in total. The van der Waals surface area contributed by atoms with Crippen molar-refractivity contribution < 1.29 is 37.2 Å². The zero-order valence-corrected chi connectivity index (χ0v) is 40.6. The monoisotopic (exact) mass is 1080 g/mol. The molecule has 0 spiro atoms. The van der Waals surface area contributed by atoms with E-state index in [4.69, 9.17) is 16.6 Å². The van der Waals surface area contributed by atoms with Crippen molar-refractivity contribution >= 4 is 32.8 Å². The first-order valence-corrected chi connectivity index (χ1v) is 23.0. The Morgan fingerprint density at radius 3 is 2.09 bits per heavy atom. The van der Waals surface area contributed by atoms with E-state index in [0.717, 1.165) is 88.8 Å². The summed E-state index contributed by atoms with van der Waals surface area (Å²) in [6.45, 7) is 6.49. The van der Waals surface area contributed by atoms with E-state index < -0.39 is 6.04 Å². The molecule has 0 saturated heterocycles. The standard InChI is InChI=1S/C64H44N4O.Pt/c1-64(2,3)45-35-36-65-61(38-45)68-58-34-31-44(42-17-6-4-7-18-42)37-56(58)52-33-32-48(40-60(52)68)69-47-22-14-21-46(39-47)66-41-67-57-29-13-12-25-55(57)62-49(43-19-8-5-9-20-43)26-15-27-53(62)50-23-10-11-24-51(50)54-28-16-30-59(66)63(54)67;/h4-38H,1-3H3;/q-2;/i4D,6D,7D,17D,18D;. The van der Waals surface area contributed by atoms with Crippen LogP contribution < -0.4 is 9.30 Å². The second-order valence-electron chi connectivity index (χ2n) is 18.4. The van der Waals surface area contributed by atoms with E-state index in [0.29, 0.717) is 28.4 Å². The average Bonchev–Trinajstić information content (AvgIpc) is 4.00. The van der Waals surface area contributed by atoms with Crippen molar-refractivity contribution in [3.8, 4) is 84.3 Å². The van der Waals surface area contributed by atoms with Crippen LogP contribution in [-0.4, -0.2) is 14.1 Å². The van der Waals surface area contributed by atoms with Gasteiger partial charge in [0.2, 0.25) is 0 Å². The number of nitrogens with zero attached hydrogens (tertiary/aromatic N) is 4. The molecule has 0 unspecified atom stereocenters. The molecule has 0 N–H and O–H groups in total. The molecule has 0 saturated carbocycles. The Labute approximate surface area is 428 Å². The number of hydrogen-bond acceptors (Lipinski definition) is 2. The number of rotatable bonds is 6. The molecule has 1 aliphatic rings. The molecule has 338 valence electrons. The summed E-state index contributed by atoms with van der Waals surface area (Å²) in [5.74, 6) is 1.61. The van der Waals surface area contributed by atoms with Gasteiger partial charge in [-0.2, -0.15) is 18.2 Å². The van der Waals surface area contributed by atoms with Gasteiger partial charge in [0, 0.05) is 44.3 Å². The molecule has 3 aromatic heterocycles. The third-order valence-electron chi connectivity index (χ3n) is 13.2. The Hall–Kier alpha value is -8.11. The van der Waals surface area contributed by atoms with E-state index in [1.165, 1.54) is 0 Å². The third-order valence-corrected chi connectivity index (χ3v) is 13.2. The molecule has 1 aliphatic heterocycles. The predicted octanol–water partition coefficient (Wildman–Crippen LogP) is 15.5. The fourth-order valence-electron chi connectivity index (χ4n) is 10.0. The molecular weight excluding hydrogens is 1040 g/mol. The maximum absolute atomic E-state index is 8.75. The zero-order chi connectivity index (χ0) is 50.6. The van der Waals surface area contributed by atoms with E-state index in [-0.39, 0.29) is 56.2 Å². The van der Waals surface area contributed by atoms with Crippen LogP contribution in [0.2, 0.25) is 0 Å². The van der Waals surface area contributed by atoms with Crippen LogP contribution in [0.1, 0.15) is 33.2 Å². The van der Waals surface area contributed by atoms with Crippen LogP contribution in [0.25, 0.3) is 106 Å². The summed E-state index contributed by atoms with van der Waals surface area (Å²) in [4.78, 5) is 4.87. The number of benzene rings is 9. The normalized spacial score (nSPS) is 12.8. The van der Waals surface area contributed by atoms with Gasteiger partial charge in [0.05, 0.1) is 23.6 Å². The minimum Gasteiger partial charge on any atom is -0.510 e. The van der Waals surface area contributed by atoms with Gasteiger partial charge >= 0.3 is 0 Å². The van der Waals surface area contributed by atoms with Crippen LogP contribution in [-0.2, 0) is 26.5 Å². The topological polar surface area (TPSA) is 35.9 Å². The summed E-state index contributed by atoms with van der Waals surface area (Å²) in [6.07, 6.45) is 5.61. The van der Waals surface area contributed by atoms with Gasteiger partial charge in [-0.15, -0.1) is 29.7 Å². The predicted molar refractivity (Wildman–Crippen MR) is 279 cm³/mol. The Bertz CT molecular complexity index is 4260. The summed E-state index contributed by atoms with van der Waals surface area (Å²) in [7, 11) is 0. The van der Waals surface area contributed by atoms with E-state index in [1.807, 2.05) is 59.3 Å². The van der Waals surface area contributed by atoms with Gasteiger partial charge in [-0.1, -0.05) is 178 Å². The first kappa shape index (κ1) is 37.8. The molecular formula is C64H44N4OPt-2. The van der Waals surface area contributed by atoms with Crippen molar-refractivity contribution in [2.24, 2.45) is 0 Å². The minimum absolute atomic E-state index is 0. The SMILES string of the molecule is [2H]c1c([2H])c([2H])c(-c2ccc3c(c2)c2ccc(Oc4[c-]c(-n5[c-][n+]6c7c(cccc75)-c5ccccc5-c5cccc(-c7ccccc7)c5-c5ccccc5-6)ccc4)[c-]c2n3-c2cc(C(C)(C)C)ccn2)c([2H])c1[2H].[Pt]. The van der Waals surface area contributed by atoms with E-state index in [2.05, 4.69) is 170 Å². The Morgan fingerprint density at radius 2 is 1.26 bits per heavy atom. The van der Waals surface area contributed by atoms with E-state index >= 15 is 0 Å². The molecule has 0 atom stereocenters. The number of pyridine rings is 1. The number of hydrogen-bond donors (Lipinski definition) is 0. The van der Waals surface area contributed by atoms with Gasteiger partial charge in [-0.05, 0) is 102 Å². The van der Waals surface area contributed by atoms with Crippen LogP contribution in [0.5, 0.6) is 11.5 Å². The van der Waals surface area contributed by atoms with Crippen LogP contribution >= 0.6 is 0 Å². The minimum atomic E-state index is -0.430. The van der Waals surface area contributed by atoms with Crippen molar-refractivity contribution in [1.82, 2.24) is 14.1 Å². The molecule has 0 fully saturated rings. The fourth-order valence-corrected chi connectivity index (χ4v) is 10.0. The molecule has 0 bridgehead atoms. The first-order chi connectivity index (χ1) is 35.9. The maximum Gasteiger partial charge on any atom is 0.268 e. The van der Waals surface area contributed by atoms with E-state index in [9.17, 15) is 0 Å². The Morgan fingerprint density at radius 1 is 0.557 bits per heavy atom. The summed E-state index contributed by atoms with van der Waals surface area (Å²) >= 11 is 0. The van der Waals surface area contributed by atoms with Gasteiger partial charge in [-0.3, -0.25) is 4.57 Å². The largest absolute Gasteiger partial charge is 0.510 e. The van der Waals surface area contributed by atoms with Gasteiger partial charge < -0.3 is 13.9 Å². The van der Waals surface area contributed by atoms with E-state index in [1.54, 1.807) is 6.07 Å². The number of para-hydroxylation sites is 2. The summed E-state index contributed by atoms with van der Waals surface area (Å²) in [6, 6.07) is 65.8.